The minimum atomic E-state index is -0.718. The first-order valence-electron chi connectivity index (χ1n) is 9.70. The van der Waals surface area contributed by atoms with Crippen LogP contribution in [0, 0.1) is 0 Å². The Balaban J connectivity index is 1.41. The monoisotopic (exact) mass is 427 g/mol. The van der Waals surface area contributed by atoms with Gasteiger partial charge in [0.15, 0.2) is 0 Å². The summed E-state index contributed by atoms with van der Waals surface area (Å²) >= 11 is 6.16. The molecule has 1 aliphatic heterocycles. The molecule has 3 N–H and O–H groups in total. The molecular weight excluding hydrogens is 406 g/mol. The summed E-state index contributed by atoms with van der Waals surface area (Å²) in [4.78, 5) is 27.0. The van der Waals surface area contributed by atoms with E-state index in [4.69, 9.17) is 16.3 Å². The van der Waals surface area contributed by atoms with Crippen LogP contribution in [0.3, 0.4) is 0 Å². The Labute approximate surface area is 178 Å². The van der Waals surface area contributed by atoms with E-state index in [-0.39, 0.29) is 12.6 Å². The second-order valence-electron chi connectivity index (χ2n) is 7.06. The van der Waals surface area contributed by atoms with Crippen molar-refractivity contribution in [3.8, 4) is 0 Å². The lowest BCUT2D eigenvalue weighted by Gasteiger charge is -2.35. The van der Waals surface area contributed by atoms with Gasteiger partial charge in [0, 0.05) is 35.7 Å². The second-order valence-corrected chi connectivity index (χ2v) is 7.49. The highest BCUT2D eigenvalue weighted by molar-refractivity contribution is 6.39. The maximum atomic E-state index is 12.4. The van der Waals surface area contributed by atoms with Gasteiger partial charge in [-0.25, -0.2) is 0 Å². The van der Waals surface area contributed by atoms with Crippen LogP contribution in [-0.2, 0) is 14.3 Å². The van der Waals surface area contributed by atoms with E-state index < -0.39 is 11.8 Å². The molecule has 156 valence electrons. The molecule has 4 rings (SSSR count). The largest absolute Gasteiger partial charge is 0.379 e. The van der Waals surface area contributed by atoms with Gasteiger partial charge in [0.25, 0.3) is 0 Å². The Bertz CT molecular complexity index is 1050. The molecule has 1 saturated heterocycles. The summed E-state index contributed by atoms with van der Waals surface area (Å²) in [6, 6.07) is 12.7. The summed E-state index contributed by atoms with van der Waals surface area (Å²) in [7, 11) is 0. The molecule has 9 heteroatoms. The fourth-order valence-electron chi connectivity index (χ4n) is 3.54. The Morgan fingerprint density at radius 1 is 1.17 bits per heavy atom. The van der Waals surface area contributed by atoms with E-state index in [1.54, 1.807) is 24.4 Å². The van der Waals surface area contributed by atoms with Crippen LogP contribution in [0.15, 0.2) is 48.7 Å². The van der Waals surface area contributed by atoms with E-state index in [0.29, 0.717) is 23.9 Å². The molecule has 2 amide bonds. The summed E-state index contributed by atoms with van der Waals surface area (Å²) < 4.78 is 5.44. The number of carbonyl (C=O) groups is 2. The zero-order valence-electron chi connectivity index (χ0n) is 16.2. The van der Waals surface area contributed by atoms with Crippen LogP contribution < -0.4 is 10.6 Å². The van der Waals surface area contributed by atoms with Crippen LogP contribution in [0.1, 0.15) is 11.6 Å². The molecule has 0 saturated carbocycles. The number of nitrogens with one attached hydrogen (secondary N) is 3. The number of rotatable bonds is 5. The third-order valence-electron chi connectivity index (χ3n) is 5.08. The highest BCUT2D eigenvalue weighted by Crippen LogP contribution is 2.24. The Morgan fingerprint density at radius 2 is 2.00 bits per heavy atom. The quantitative estimate of drug-likeness (QED) is 0.543. The number of anilines is 1. The van der Waals surface area contributed by atoms with Crippen LogP contribution in [0.25, 0.3) is 10.9 Å². The molecule has 2 heterocycles. The Hall–Kier alpha value is -2.94. The van der Waals surface area contributed by atoms with Gasteiger partial charge in [-0.05, 0) is 35.9 Å². The lowest BCUT2D eigenvalue weighted by atomic mass is 10.0. The molecule has 2 aromatic carbocycles. The van der Waals surface area contributed by atoms with Gasteiger partial charge in [0.2, 0.25) is 0 Å². The molecule has 1 atom stereocenters. The van der Waals surface area contributed by atoms with E-state index in [1.165, 1.54) is 0 Å². The van der Waals surface area contributed by atoms with Crippen LogP contribution in [0.5, 0.6) is 0 Å². The molecule has 0 radical (unpaired) electrons. The molecule has 1 aromatic heterocycles. The number of fused-ring (bicyclic) bond motifs is 1. The zero-order valence-corrected chi connectivity index (χ0v) is 17.0. The molecular formula is C21H22ClN5O3. The van der Waals surface area contributed by atoms with Gasteiger partial charge >= 0.3 is 11.8 Å². The van der Waals surface area contributed by atoms with Crippen molar-refractivity contribution in [1.82, 2.24) is 20.4 Å². The standard InChI is InChI=1S/C21H22ClN5O3/c22-16-3-1-2-14(10-16)19(27-6-8-30-9-7-27)13-23-20(28)21(29)25-17-4-5-18-15(11-17)12-24-26-18/h1-5,10-12,19H,6-9,13H2,(H,23,28)(H,24,26)(H,25,29). The fourth-order valence-corrected chi connectivity index (χ4v) is 3.74. The number of morpholine rings is 1. The van der Waals surface area contributed by atoms with Crippen molar-refractivity contribution in [3.05, 3.63) is 59.2 Å². The molecule has 8 nitrogen and oxygen atoms in total. The van der Waals surface area contributed by atoms with Crippen molar-refractivity contribution in [3.63, 3.8) is 0 Å². The zero-order chi connectivity index (χ0) is 20.9. The molecule has 30 heavy (non-hydrogen) atoms. The molecule has 1 unspecified atom stereocenters. The molecule has 0 bridgehead atoms. The number of carbonyl (C=O) groups excluding carboxylic acids is 2. The van der Waals surface area contributed by atoms with Gasteiger partial charge in [0.1, 0.15) is 0 Å². The van der Waals surface area contributed by atoms with Crippen molar-refractivity contribution in [2.45, 2.75) is 6.04 Å². The Kier molecular flexibility index (Phi) is 6.27. The summed E-state index contributed by atoms with van der Waals surface area (Å²) in [6.45, 7) is 3.02. The predicted octanol–water partition coefficient (Wildman–Crippen LogP) is 2.34. The molecule has 3 aromatic rings. The van der Waals surface area contributed by atoms with E-state index in [0.717, 1.165) is 29.6 Å². The number of nitrogens with zero attached hydrogens (tertiary/aromatic N) is 2. The number of hydrogen-bond acceptors (Lipinski definition) is 5. The van der Waals surface area contributed by atoms with Gasteiger partial charge in [0.05, 0.1) is 31.0 Å². The van der Waals surface area contributed by atoms with Crippen molar-refractivity contribution in [2.24, 2.45) is 0 Å². The van der Waals surface area contributed by atoms with E-state index >= 15 is 0 Å². The van der Waals surface area contributed by atoms with Crippen LogP contribution in [0.2, 0.25) is 5.02 Å². The fraction of sp³-hybridized carbons (Fsp3) is 0.286. The number of ether oxygens (including phenoxy) is 1. The smallest absolute Gasteiger partial charge is 0.313 e. The van der Waals surface area contributed by atoms with E-state index in [2.05, 4.69) is 25.7 Å². The number of amides is 2. The molecule has 0 aliphatic carbocycles. The maximum absolute atomic E-state index is 12.4. The lowest BCUT2D eigenvalue weighted by Crippen LogP contribution is -2.45. The number of aromatic amines is 1. The normalized spacial score (nSPS) is 15.6. The van der Waals surface area contributed by atoms with Crippen molar-refractivity contribution < 1.29 is 14.3 Å². The highest BCUT2D eigenvalue weighted by Gasteiger charge is 2.24. The number of halogens is 1. The van der Waals surface area contributed by atoms with Crippen molar-refractivity contribution >= 4 is 40.0 Å². The average Bonchev–Trinajstić information content (AvgIpc) is 3.22. The van der Waals surface area contributed by atoms with Gasteiger partial charge in [-0.1, -0.05) is 23.7 Å². The van der Waals surface area contributed by atoms with Gasteiger partial charge in [-0.3, -0.25) is 19.6 Å². The number of hydrogen-bond donors (Lipinski definition) is 3. The van der Waals surface area contributed by atoms with Crippen LogP contribution >= 0.6 is 11.6 Å². The number of H-pyrrole nitrogens is 1. The van der Waals surface area contributed by atoms with Crippen molar-refractivity contribution in [1.29, 1.82) is 0 Å². The summed E-state index contributed by atoms with van der Waals surface area (Å²) in [6.07, 6.45) is 1.66. The number of aromatic nitrogens is 2. The summed E-state index contributed by atoms with van der Waals surface area (Å²) in [5, 5.41) is 13.6. The predicted molar refractivity (Wildman–Crippen MR) is 114 cm³/mol. The Morgan fingerprint density at radius 3 is 2.80 bits per heavy atom. The molecule has 0 spiro atoms. The lowest BCUT2D eigenvalue weighted by molar-refractivity contribution is -0.136. The van der Waals surface area contributed by atoms with E-state index in [1.807, 2.05) is 24.3 Å². The summed E-state index contributed by atoms with van der Waals surface area (Å²) in [5.74, 6) is -1.41. The minimum Gasteiger partial charge on any atom is -0.379 e. The third kappa shape index (κ3) is 4.79. The van der Waals surface area contributed by atoms with E-state index in [9.17, 15) is 9.59 Å². The third-order valence-corrected chi connectivity index (χ3v) is 5.32. The second kappa shape index (κ2) is 9.25. The average molecular weight is 428 g/mol. The topological polar surface area (TPSA) is 99.4 Å². The van der Waals surface area contributed by atoms with Gasteiger partial charge in [-0.2, -0.15) is 5.10 Å². The molecule has 1 aliphatic rings. The molecule has 1 fully saturated rings. The highest BCUT2D eigenvalue weighted by atomic mass is 35.5. The van der Waals surface area contributed by atoms with Gasteiger partial charge in [-0.15, -0.1) is 0 Å². The first-order valence-corrected chi connectivity index (χ1v) is 10.1. The first kappa shape index (κ1) is 20.3. The minimum absolute atomic E-state index is 0.105. The first-order chi connectivity index (χ1) is 14.6. The van der Waals surface area contributed by atoms with Crippen molar-refractivity contribution in [2.75, 3.05) is 38.2 Å². The van der Waals surface area contributed by atoms with Crippen LogP contribution in [-0.4, -0.2) is 59.8 Å². The van der Waals surface area contributed by atoms with Crippen LogP contribution in [0.4, 0.5) is 5.69 Å². The maximum Gasteiger partial charge on any atom is 0.313 e. The SMILES string of the molecule is O=C(NCC(c1cccc(Cl)c1)N1CCOCC1)C(=O)Nc1ccc2[nH]ncc2c1. The van der Waals surface area contributed by atoms with Gasteiger partial charge < -0.3 is 15.4 Å². The number of benzene rings is 2. The summed E-state index contributed by atoms with van der Waals surface area (Å²) in [5.41, 5.74) is 2.37.